The number of nitrogens with two attached hydrogens (primary N) is 2. The van der Waals surface area contributed by atoms with E-state index in [2.05, 4.69) is 5.10 Å². The molecule has 18 heavy (non-hydrogen) atoms. The molecule has 1 heterocycles. The van der Waals surface area contributed by atoms with Gasteiger partial charge in [-0.15, -0.1) is 12.4 Å². The van der Waals surface area contributed by atoms with E-state index in [0.29, 0.717) is 6.20 Å². The lowest BCUT2D eigenvalue weighted by Gasteiger charge is -2.18. The molecular weight excluding hydrogens is 277 g/mol. The van der Waals surface area contributed by atoms with E-state index in [1.165, 1.54) is 0 Å². The van der Waals surface area contributed by atoms with Crippen LogP contribution in [0.5, 0.6) is 0 Å². The van der Waals surface area contributed by atoms with Gasteiger partial charge in [0.25, 0.3) is 0 Å². The Labute approximate surface area is 105 Å². The molecule has 0 bridgehead atoms. The van der Waals surface area contributed by atoms with Crippen molar-refractivity contribution in [2.45, 2.75) is 18.6 Å². The molecule has 5 N–H and O–H groups in total. The van der Waals surface area contributed by atoms with Gasteiger partial charge >= 0.3 is 6.18 Å². The topological polar surface area (TPSA) is 115 Å². The third-order valence-electron chi connectivity index (χ3n) is 2.15. The Morgan fingerprint density at radius 2 is 1.89 bits per heavy atom. The van der Waals surface area contributed by atoms with Crippen molar-refractivity contribution in [3.63, 3.8) is 0 Å². The molecule has 0 aliphatic rings. The number of aromatic nitrogens is 2. The van der Waals surface area contributed by atoms with Gasteiger partial charge in [0.1, 0.15) is 0 Å². The molecule has 0 radical (unpaired) electrons. The van der Waals surface area contributed by atoms with Crippen LogP contribution in [-0.2, 0) is 11.0 Å². The molecule has 0 spiro atoms. The molecule has 1 rings (SSSR count). The maximum Gasteiger partial charge on any atom is 0.433 e. The van der Waals surface area contributed by atoms with Crippen LogP contribution in [-0.4, -0.2) is 27.4 Å². The first-order valence-corrected chi connectivity index (χ1v) is 4.32. The molecule has 102 valence electrons. The second kappa shape index (κ2) is 4.94. The SMILES string of the molecule is C[C@@](N)(C(N)=O)C(=O)c1cn[nH]c1C(F)(F)F.Cl. The number of carbonyl (C=O) groups excluding carboxylic acids is 2. The molecule has 10 heteroatoms. The smallest absolute Gasteiger partial charge is 0.368 e. The lowest BCUT2D eigenvalue weighted by molar-refractivity contribution is -0.141. The fourth-order valence-electron chi connectivity index (χ4n) is 1.07. The van der Waals surface area contributed by atoms with Gasteiger partial charge in [0.2, 0.25) is 5.91 Å². The molecule has 0 fully saturated rings. The van der Waals surface area contributed by atoms with E-state index in [4.69, 9.17) is 11.5 Å². The van der Waals surface area contributed by atoms with Gasteiger partial charge in [0.15, 0.2) is 17.0 Å². The number of rotatable bonds is 3. The highest BCUT2D eigenvalue weighted by Gasteiger charge is 2.43. The second-order valence-corrected chi connectivity index (χ2v) is 3.55. The summed E-state index contributed by atoms with van der Waals surface area (Å²) in [7, 11) is 0. The zero-order valence-corrected chi connectivity index (χ0v) is 9.85. The fraction of sp³-hybridized carbons (Fsp3) is 0.375. The third kappa shape index (κ3) is 2.79. The fourth-order valence-corrected chi connectivity index (χ4v) is 1.07. The predicted molar refractivity (Wildman–Crippen MR) is 57.0 cm³/mol. The number of nitrogens with zero attached hydrogens (tertiary/aromatic N) is 1. The van der Waals surface area contributed by atoms with E-state index >= 15 is 0 Å². The van der Waals surface area contributed by atoms with Gasteiger partial charge in [-0.05, 0) is 6.92 Å². The number of primary amides is 1. The first-order chi connectivity index (χ1) is 7.58. The van der Waals surface area contributed by atoms with Gasteiger partial charge in [-0.25, -0.2) is 0 Å². The monoisotopic (exact) mass is 286 g/mol. The van der Waals surface area contributed by atoms with Gasteiger partial charge < -0.3 is 11.5 Å². The number of aromatic amines is 1. The number of nitrogens with one attached hydrogen (secondary N) is 1. The van der Waals surface area contributed by atoms with Gasteiger partial charge in [-0.1, -0.05) is 0 Å². The molecule has 1 atom stereocenters. The van der Waals surface area contributed by atoms with E-state index in [1.54, 1.807) is 5.10 Å². The summed E-state index contributed by atoms with van der Waals surface area (Å²) in [6.45, 7) is 0.935. The summed E-state index contributed by atoms with van der Waals surface area (Å²) in [6, 6.07) is 0. The molecule has 0 saturated heterocycles. The number of ketones is 1. The largest absolute Gasteiger partial charge is 0.433 e. The first-order valence-electron chi connectivity index (χ1n) is 4.32. The number of H-pyrrole nitrogens is 1. The number of Topliss-reactive ketones (excluding diaryl/α,β-unsaturated/α-hetero) is 1. The molecule has 0 aliphatic heterocycles. The quantitative estimate of drug-likeness (QED) is 0.545. The van der Waals surface area contributed by atoms with E-state index in [-0.39, 0.29) is 12.4 Å². The molecule has 0 unspecified atom stereocenters. The summed E-state index contributed by atoms with van der Waals surface area (Å²) < 4.78 is 37.4. The number of hydrogen-bond acceptors (Lipinski definition) is 4. The zero-order valence-electron chi connectivity index (χ0n) is 9.04. The summed E-state index contributed by atoms with van der Waals surface area (Å²) in [5.41, 5.74) is 5.72. The number of carbonyl (C=O) groups is 2. The Morgan fingerprint density at radius 1 is 1.39 bits per heavy atom. The van der Waals surface area contributed by atoms with Crippen LogP contribution >= 0.6 is 12.4 Å². The highest BCUT2D eigenvalue weighted by molar-refractivity contribution is 6.17. The molecule has 0 aliphatic carbocycles. The number of halogens is 4. The molecule has 1 amide bonds. The minimum Gasteiger partial charge on any atom is -0.368 e. The molecule has 6 nitrogen and oxygen atoms in total. The van der Waals surface area contributed by atoms with Gasteiger partial charge in [-0.3, -0.25) is 14.7 Å². The first kappa shape index (κ1) is 16.4. The summed E-state index contributed by atoms with van der Waals surface area (Å²) in [4.78, 5) is 22.5. The lowest BCUT2D eigenvalue weighted by atomic mass is 9.92. The van der Waals surface area contributed by atoms with Crippen molar-refractivity contribution >= 4 is 24.1 Å². The van der Waals surface area contributed by atoms with Gasteiger partial charge in [0, 0.05) is 0 Å². The zero-order chi connectivity index (χ0) is 13.4. The number of hydrogen-bond donors (Lipinski definition) is 3. The maximum absolute atomic E-state index is 12.5. The van der Waals surface area contributed by atoms with Crippen LogP contribution in [0.15, 0.2) is 6.20 Å². The van der Waals surface area contributed by atoms with Crippen LogP contribution in [0.3, 0.4) is 0 Å². The van der Waals surface area contributed by atoms with Crippen LogP contribution in [0, 0.1) is 0 Å². The van der Waals surface area contributed by atoms with Crippen molar-refractivity contribution < 1.29 is 22.8 Å². The minimum atomic E-state index is -4.80. The molecule has 0 saturated carbocycles. The Hall–Kier alpha value is -1.61. The van der Waals surface area contributed by atoms with E-state index < -0.39 is 34.7 Å². The van der Waals surface area contributed by atoms with Gasteiger partial charge in [-0.2, -0.15) is 18.3 Å². The molecule has 1 aromatic heterocycles. The van der Waals surface area contributed by atoms with Crippen LogP contribution in [0.1, 0.15) is 23.0 Å². The van der Waals surface area contributed by atoms with E-state index in [1.807, 2.05) is 0 Å². The van der Waals surface area contributed by atoms with Crippen molar-refractivity contribution in [2.24, 2.45) is 11.5 Å². The summed E-state index contributed by atoms with van der Waals surface area (Å²) in [6.07, 6.45) is -4.14. The van der Waals surface area contributed by atoms with Crippen molar-refractivity contribution in [1.82, 2.24) is 10.2 Å². The summed E-state index contributed by atoms with van der Waals surface area (Å²) in [5.74, 6) is -2.47. The lowest BCUT2D eigenvalue weighted by Crippen LogP contribution is -2.55. The van der Waals surface area contributed by atoms with Crippen molar-refractivity contribution in [2.75, 3.05) is 0 Å². The highest BCUT2D eigenvalue weighted by atomic mass is 35.5. The van der Waals surface area contributed by atoms with Crippen LogP contribution in [0.25, 0.3) is 0 Å². The maximum atomic E-state index is 12.5. The predicted octanol–water partition coefficient (Wildman–Crippen LogP) is 0.236. The second-order valence-electron chi connectivity index (χ2n) is 3.55. The van der Waals surface area contributed by atoms with E-state index in [9.17, 15) is 22.8 Å². The van der Waals surface area contributed by atoms with Gasteiger partial charge in [0.05, 0.1) is 11.8 Å². The van der Waals surface area contributed by atoms with Crippen LogP contribution in [0.4, 0.5) is 13.2 Å². The van der Waals surface area contributed by atoms with Crippen LogP contribution in [0.2, 0.25) is 0 Å². The number of amides is 1. The average Bonchev–Trinajstić information content (AvgIpc) is 2.63. The van der Waals surface area contributed by atoms with Crippen molar-refractivity contribution in [3.8, 4) is 0 Å². The summed E-state index contributed by atoms with van der Waals surface area (Å²) in [5, 5.41) is 4.74. The third-order valence-corrected chi connectivity index (χ3v) is 2.15. The average molecular weight is 287 g/mol. The van der Waals surface area contributed by atoms with Crippen molar-refractivity contribution in [1.29, 1.82) is 0 Å². The highest BCUT2D eigenvalue weighted by Crippen LogP contribution is 2.31. The standard InChI is InChI=1S/C8H9F3N4O2.ClH/c1-7(13,6(12)17)5(16)3-2-14-15-4(3)8(9,10)11;/h2H,13H2,1H3,(H2,12,17)(H,14,15);1H/t7-;/m0./s1. The Kier molecular flexibility index (Phi) is 4.50. The number of alkyl halides is 3. The Balaban J connectivity index is 0.00000289. The molecule has 0 aromatic carbocycles. The summed E-state index contributed by atoms with van der Waals surface area (Å²) >= 11 is 0. The Morgan fingerprint density at radius 3 is 2.28 bits per heavy atom. The molecular formula is C8H10ClF3N4O2. The normalized spacial score (nSPS) is 14.5. The molecule has 1 aromatic rings. The van der Waals surface area contributed by atoms with Crippen molar-refractivity contribution in [3.05, 3.63) is 17.5 Å². The minimum absolute atomic E-state index is 0. The van der Waals surface area contributed by atoms with Crippen LogP contribution < -0.4 is 11.5 Å². The van der Waals surface area contributed by atoms with E-state index in [0.717, 1.165) is 6.92 Å². The Bertz CT molecular complexity index is 469.